The van der Waals surface area contributed by atoms with E-state index in [2.05, 4.69) is 13.8 Å². The van der Waals surface area contributed by atoms with E-state index in [1.807, 2.05) is 0 Å². The summed E-state index contributed by atoms with van der Waals surface area (Å²) in [6.45, 7) is 4.68. The van der Waals surface area contributed by atoms with Gasteiger partial charge < -0.3 is 10.2 Å². The summed E-state index contributed by atoms with van der Waals surface area (Å²) in [4.78, 5) is 20.9. The number of aliphatic carboxylic acids is 2. The fourth-order valence-electron chi connectivity index (χ4n) is 3.52. The Bertz CT molecular complexity index is 354. The molecular weight excluding hydrogens is 328 g/mol. The van der Waals surface area contributed by atoms with Crippen LogP contribution in [0, 0.1) is 11.8 Å². The van der Waals surface area contributed by atoms with Gasteiger partial charge in [-0.05, 0) is 24.7 Å². The van der Waals surface area contributed by atoms with Crippen LogP contribution in [0.25, 0.3) is 0 Å². The highest BCUT2D eigenvalue weighted by Crippen LogP contribution is 2.21. The Morgan fingerprint density at radius 2 is 0.808 bits per heavy atom. The molecule has 0 spiro atoms. The van der Waals surface area contributed by atoms with Gasteiger partial charge in [-0.25, -0.2) is 0 Å². The molecule has 0 rings (SSSR count). The second-order valence-corrected chi connectivity index (χ2v) is 8.19. The van der Waals surface area contributed by atoms with Gasteiger partial charge in [-0.3, -0.25) is 9.59 Å². The van der Waals surface area contributed by atoms with Crippen molar-refractivity contribution in [2.45, 2.75) is 117 Å². The summed E-state index contributed by atoms with van der Waals surface area (Å²) < 4.78 is 0. The van der Waals surface area contributed by atoms with Gasteiger partial charge in [0.15, 0.2) is 0 Å². The fraction of sp³-hybridized carbons (Fsp3) is 0.909. The molecule has 0 amide bonds. The highest BCUT2D eigenvalue weighted by atomic mass is 16.4. The second-order valence-electron chi connectivity index (χ2n) is 8.19. The van der Waals surface area contributed by atoms with Crippen molar-refractivity contribution in [2.24, 2.45) is 11.8 Å². The van der Waals surface area contributed by atoms with E-state index in [9.17, 15) is 9.59 Å². The minimum atomic E-state index is -0.676. The van der Waals surface area contributed by atoms with Crippen molar-refractivity contribution in [1.29, 1.82) is 0 Å². The number of hydrogen-bond acceptors (Lipinski definition) is 2. The number of rotatable bonds is 19. The molecule has 0 saturated heterocycles. The second kappa shape index (κ2) is 17.4. The van der Waals surface area contributed by atoms with Crippen LogP contribution in [0.1, 0.15) is 117 Å². The molecule has 0 aliphatic carbocycles. The van der Waals surface area contributed by atoms with Crippen molar-refractivity contribution in [3.8, 4) is 0 Å². The van der Waals surface area contributed by atoms with E-state index < -0.39 is 11.9 Å². The number of carbonyl (C=O) groups is 2. The van der Waals surface area contributed by atoms with Crippen molar-refractivity contribution in [1.82, 2.24) is 0 Å². The van der Waals surface area contributed by atoms with Crippen LogP contribution in [0.15, 0.2) is 0 Å². The maximum atomic E-state index is 10.5. The van der Waals surface area contributed by atoms with Crippen LogP contribution >= 0.6 is 0 Å². The lowest BCUT2D eigenvalue weighted by Gasteiger charge is -2.13. The van der Waals surface area contributed by atoms with Crippen LogP contribution in [0.5, 0.6) is 0 Å². The van der Waals surface area contributed by atoms with Gasteiger partial charge in [0, 0.05) is 12.8 Å². The molecule has 0 aromatic heterocycles. The molecule has 0 aliphatic heterocycles. The summed E-state index contributed by atoms with van der Waals surface area (Å²) in [5.41, 5.74) is 0. The van der Waals surface area contributed by atoms with E-state index in [4.69, 9.17) is 10.2 Å². The maximum absolute atomic E-state index is 10.5. The Balaban J connectivity index is 3.35. The topological polar surface area (TPSA) is 74.6 Å². The zero-order chi connectivity index (χ0) is 19.6. The number of carboxylic acids is 2. The fourth-order valence-corrected chi connectivity index (χ4v) is 3.52. The van der Waals surface area contributed by atoms with Crippen LogP contribution in [-0.2, 0) is 9.59 Å². The Morgan fingerprint density at radius 3 is 1.19 bits per heavy atom. The number of unbranched alkanes of at least 4 members (excludes halogenated alkanes) is 7. The molecule has 0 heterocycles. The van der Waals surface area contributed by atoms with Gasteiger partial charge in [0.25, 0.3) is 0 Å². The molecular formula is C22H42O4. The predicted molar refractivity (Wildman–Crippen MR) is 107 cm³/mol. The van der Waals surface area contributed by atoms with Crippen molar-refractivity contribution >= 4 is 11.9 Å². The maximum Gasteiger partial charge on any atom is 0.303 e. The highest BCUT2D eigenvalue weighted by Gasteiger charge is 2.06. The average Bonchev–Trinajstić information content (AvgIpc) is 2.57. The third kappa shape index (κ3) is 19.3. The van der Waals surface area contributed by atoms with E-state index >= 15 is 0 Å². The summed E-state index contributed by atoms with van der Waals surface area (Å²) in [6, 6.07) is 0. The Kier molecular flexibility index (Phi) is 16.7. The van der Waals surface area contributed by atoms with Crippen LogP contribution in [0.4, 0.5) is 0 Å². The Labute approximate surface area is 160 Å². The first-order chi connectivity index (χ1) is 12.4. The Hall–Kier alpha value is -1.06. The average molecular weight is 371 g/mol. The van der Waals surface area contributed by atoms with Gasteiger partial charge in [-0.15, -0.1) is 0 Å². The van der Waals surface area contributed by atoms with E-state index in [0.717, 1.165) is 43.9 Å². The van der Waals surface area contributed by atoms with Gasteiger partial charge in [-0.1, -0.05) is 90.9 Å². The lowest BCUT2D eigenvalue weighted by atomic mass is 9.93. The largest absolute Gasteiger partial charge is 0.481 e. The molecule has 0 bridgehead atoms. The molecule has 2 N–H and O–H groups in total. The van der Waals surface area contributed by atoms with Gasteiger partial charge in [0.05, 0.1) is 0 Å². The predicted octanol–water partition coefficient (Wildman–Crippen LogP) is 6.67. The molecule has 154 valence electrons. The molecule has 2 unspecified atom stereocenters. The van der Waals surface area contributed by atoms with E-state index in [-0.39, 0.29) is 0 Å². The first kappa shape index (κ1) is 24.9. The van der Waals surface area contributed by atoms with Gasteiger partial charge in [-0.2, -0.15) is 0 Å². The summed E-state index contributed by atoms with van der Waals surface area (Å²) in [5, 5.41) is 17.2. The third-order valence-corrected chi connectivity index (χ3v) is 5.32. The van der Waals surface area contributed by atoms with Crippen LogP contribution in [0.3, 0.4) is 0 Å². The van der Waals surface area contributed by atoms with Crippen molar-refractivity contribution in [2.75, 3.05) is 0 Å². The van der Waals surface area contributed by atoms with Gasteiger partial charge in [0.2, 0.25) is 0 Å². The normalized spacial score (nSPS) is 13.5. The minimum absolute atomic E-state index is 0.314. The molecule has 4 nitrogen and oxygen atoms in total. The first-order valence-corrected chi connectivity index (χ1v) is 10.9. The van der Waals surface area contributed by atoms with Crippen molar-refractivity contribution in [3.63, 3.8) is 0 Å². The number of hydrogen-bond donors (Lipinski definition) is 2. The minimum Gasteiger partial charge on any atom is -0.481 e. The van der Waals surface area contributed by atoms with Crippen molar-refractivity contribution < 1.29 is 19.8 Å². The monoisotopic (exact) mass is 370 g/mol. The molecule has 0 aromatic carbocycles. The van der Waals surface area contributed by atoms with Crippen LogP contribution in [0.2, 0.25) is 0 Å². The standard InChI is InChI=1S/C22H42O4/c1-19(13-7-4-3-5-9-17-21(23)24)15-11-12-16-20(2)14-8-6-10-18-22(25)26/h19-20H,3-18H2,1-2H3,(H,23,24)(H,25,26). The lowest BCUT2D eigenvalue weighted by Crippen LogP contribution is -1.99. The molecule has 2 atom stereocenters. The first-order valence-electron chi connectivity index (χ1n) is 10.9. The Morgan fingerprint density at radius 1 is 0.538 bits per heavy atom. The summed E-state index contributed by atoms with van der Waals surface area (Å²) >= 11 is 0. The zero-order valence-electron chi connectivity index (χ0n) is 17.2. The third-order valence-electron chi connectivity index (χ3n) is 5.32. The van der Waals surface area contributed by atoms with E-state index in [1.165, 1.54) is 57.8 Å². The molecule has 0 aliphatic rings. The molecule has 0 radical (unpaired) electrons. The van der Waals surface area contributed by atoms with Crippen molar-refractivity contribution in [3.05, 3.63) is 0 Å². The SMILES string of the molecule is CC(CCCCCCCC(=O)O)CCCCC(C)CCCCCC(=O)O. The lowest BCUT2D eigenvalue weighted by molar-refractivity contribution is -0.138. The molecule has 0 fully saturated rings. The molecule has 0 saturated carbocycles. The molecule has 0 aromatic rings. The van der Waals surface area contributed by atoms with Crippen LogP contribution in [-0.4, -0.2) is 22.2 Å². The quantitative estimate of drug-likeness (QED) is 0.249. The van der Waals surface area contributed by atoms with E-state index in [0.29, 0.717) is 12.8 Å². The summed E-state index contributed by atoms with van der Waals surface area (Å²) in [5.74, 6) is 0.220. The van der Waals surface area contributed by atoms with Gasteiger partial charge in [0.1, 0.15) is 0 Å². The molecule has 4 heteroatoms. The zero-order valence-corrected chi connectivity index (χ0v) is 17.2. The highest BCUT2D eigenvalue weighted by molar-refractivity contribution is 5.66. The van der Waals surface area contributed by atoms with E-state index in [1.54, 1.807) is 0 Å². The summed E-state index contributed by atoms with van der Waals surface area (Å²) in [6.07, 6.45) is 17.0. The van der Waals surface area contributed by atoms with Gasteiger partial charge >= 0.3 is 11.9 Å². The molecule has 26 heavy (non-hydrogen) atoms. The van der Waals surface area contributed by atoms with Crippen LogP contribution < -0.4 is 0 Å². The summed E-state index contributed by atoms with van der Waals surface area (Å²) in [7, 11) is 0. The smallest absolute Gasteiger partial charge is 0.303 e. The number of carboxylic acid groups (broad SMARTS) is 2.